The van der Waals surface area contributed by atoms with Crippen LogP contribution in [0, 0.1) is 37.2 Å². The van der Waals surface area contributed by atoms with Crippen LogP contribution in [0.4, 0.5) is 30.2 Å². The Morgan fingerprint density at radius 1 is 0.404 bits per heavy atom. The van der Waals surface area contributed by atoms with Gasteiger partial charge in [-0.05, 0) is 166 Å². The minimum Gasteiger partial charge on any atom is -0.457 e. The van der Waals surface area contributed by atoms with Crippen LogP contribution in [0.1, 0.15) is 113 Å². The van der Waals surface area contributed by atoms with Crippen molar-refractivity contribution in [2.24, 2.45) is 0 Å². The Bertz CT molecular complexity index is 5910. The fourth-order valence-corrected chi connectivity index (χ4v) is 19.1. The molecule has 37 heteroatoms. The number of hydrogen-bond acceptors (Lipinski definition) is 23. The van der Waals surface area contributed by atoms with Gasteiger partial charge in [-0.15, -0.1) is 0 Å². The number of rotatable bonds is 20. The summed E-state index contributed by atoms with van der Waals surface area (Å²) in [7, 11) is 0. The summed E-state index contributed by atoms with van der Waals surface area (Å²) in [5, 5.41) is 16.4. The van der Waals surface area contributed by atoms with Crippen molar-refractivity contribution < 1.29 is 56.1 Å². The van der Waals surface area contributed by atoms with Gasteiger partial charge in [-0.3, -0.25) is 43.8 Å². The van der Waals surface area contributed by atoms with Crippen LogP contribution in [0.15, 0.2) is 184 Å². The van der Waals surface area contributed by atoms with Gasteiger partial charge in [0.2, 0.25) is 40.7 Å². The normalized spacial score (nSPS) is 18.7. The predicted octanol–water partition coefficient (Wildman–Crippen LogP) is 10.0. The Kier molecular flexibility index (Phi) is 29.0. The first-order valence-corrected chi connectivity index (χ1v) is 45.8. The second-order valence-electron chi connectivity index (χ2n) is 34.6. The summed E-state index contributed by atoms with van der Waals surface area (Å²) in [5.41, 5.74) is 15.9. The monoisotopic (exact) mass is 1840 g/mol. The maximum Gasteiger partial charge on any atom is 0.338 e. The summed E-state index contributed by atoms with van der Waals surface area (Å²) < 4.78 is 71.7. The zero-order chi connectivity index (χ0) is 93.5. The summed E-state index contributed by atoms with van der Waals surface area (Å²) in [6.07, 6.45) is 20.5. The van der Waals surface area contributed by atoms with Gasteiger partial charge >= 0.3 is 5.97 Å². The minimum atomic E-state index is -0.468. The highest BCUT2D eigenvalue weighted by Gasteiger charge is 2.37. The van der Waals surface area contributed by atoms with Crippen molar-refractivity contribution >= 4 is 46.7 Å². The van der Waals surface area contributed by atoms with Gasteiger partial charge in [-0.2, -0.15) is 20.4 Å². The van der Waals surface area contributed by atoms with Gasteiger partial charge in [0.25, 0.3) is 0 Å². The van der Waals surface area contributed by atoms with Crippen LogP contribution in [0.5, 0.6) is 0 Å². The van der Waals surface area contributed by atoms with Crippen molar-refractivity contribution in [3.63, 3.8) is 0 Å². The van der Waals surface area contributed by atoms with Crippen molar-refractivity contribution in [1.29, 1.82) is 0 Å². The first kappa shape index (κ1) is 92.0. The maximum atomic E-state index is 14.0. The molecule has 0 N–H and O–H groups in total. The molecule has 4 atom stereocenters. The molecule has 4 unspecified atom stereocenters. The average molecular weight is 1840 g/mol. The molecule has 0 bridgehead atoms. The number of halogens is 3. The lowest BCUT2D eigenvalue weighted by Gasteiger charge is -2.38. The van der Waals surface area contributed by atoms with Gasteiger partial charge in [0.1, 0.15) is 74.7 Å². The number of carbonyl (C=O) groups is 5. The van der Waals surface area contributed by atoms with E-state index in [1.54, 1.807) is 74.6 Å². The highest BCUT2D eigenvalue weighted by Crippen LogP contribution is 2.41. The maximum absolute atomic E-state index is 14.0. The van der Waals surface area contributed by atoms with Crippen LogP contribution in [0.2, 0.25) is 0 Å². The molecule has 8 aliphatic heterocycles. The van der Waals surface area contributed by atoms with Gasteiger partial charge < -0.3 is 38.5 Å². The molecule has 6 aromatic heterocycles. The molecular weight excluding hydrogens is 1740 g/mol. The van der Waals surface area contributed by atoms with Crippen LogP contribution in [-0.2, 0) is 96.1 Å². The topological polar surface area (TPSA) is 310 Å². The summed E-state index contributed by atoms with van der Waals surface area (Å²) in [4.78, 5) is 115. The fraction of sp³-hybridized carbons (Fsp3) is 0.374. The van der Waals surface area contributed by atoms with E-state index in [2.05, 4.69) is 103 Å². The number of aromatic nitrogens is 14. The first-order chi connectivity index (χ1) is 66.5. The molecule has 34 nitrogen and oxygen atoms in total. The Morgan fingerprint density at radius 3 is 1.31 bits per heavy atom. The number of fused-ring (bicyclic) bond motifs is 5. The quantitative estimate of drug-likeness (QED) is 0.0506. The van der Waals surface area contributed by atoms with E-state index in [9.17, 15) is 37.1 Å². The Hall–Kier alpha value is -14.5. The van der Waals surface area contributed by atoms with E-state index in [1.165, 1.54) is 54.6 Å². The molecule has 136 heavy (non-hydrogen) atoms. The van der Waals surface area contributed by atoms with E-state index in [1.807, 2.05) is 86.3 Å². The van der Waals surface area contributed by atoms with Crippen molar-refractivity contribution in [3.8, 4) is 22.9 Å². The lowest BCUT2D eigenvalue weighted by Crippen LogP contribution is -2.50. The van der Waals surface area contributed by atoms with E-state index in [0.717, 1.165) is 164 Å². The van der Waals surface area contributed by atoms with Crippen LogP contribution in [0.3, 0.4) is 0 Å². The fourth-order valence-electron chi connectivity index (χ4n) is 19.1. The van der Waals surface area contributed by atoms with Crippen LogP contribution < -0.4 is 0 Å². The van der Waals surface area contributed by atoms with Gasteiger partial charge in [-0.25, -0.2) is 76.1 Å². The summed E-state index contributed by atoms with van der Waals surface area (Å²) in [5.74, 6) is -0.503. The number of piperazine rings is 4. The molecule has 1 aliphatic carbocycles. The van der Waals surface area contributed by atoms with E-state index in [4.69, 9.17) is 38.7 Å². The number of hydrogen-bond donors (Lipinski definition) is 0. The van der Waals surface area contributed by atoms with Crippen LogP contribution in [-0.4, -0.2) is 289 Å². The average Bonchev–Trinajstić information content (AvgIpc) is 1.08. The minimum absolute atomic E-state index is 0.0392. The number of benzene rings is 6. The number of carbonyl (C=O) groups excluding carboxylic acids is 5. The molecular formula is C99H100F3N25O9. The molecule has 6 aromatic carbocycles. The SMILES string of the molecule is O=C1OCc2cc(CCN3CCN(C(=O)C4CCc5cc(-n6cncn6)ccc54)CC3)ccc21.[C-]#[N+]c1c(F)ccc2c1CCOC2CN1CCN(C(=O)Cc2ccc(-n3cncn3)cc2)CC1.[C-]#[N+]c1c(F)ccc2c1CCOC2CN1CCN(C(=O)Cc2ccc(-n3cncn3)cn2)CC1.[C-]#[N+]c1c(F)ccc2c1CCOC2CN1CCN(C(=O)Cc2ccc(-n3cncn3)nc2)CC1. The van der Waals surface area contributed by atoms with Crippen LogP contribution >= 0.6 is 0 Å². The predicted molar refractivity (Wildman–Crippen MR) is 490 cm³/mol. The lowest BCUT2D eigenvalue weighted by atomic mass is 9.95. The lowest BCUT2D eigenvalue weighted by molar-refractivity contribution is -0.135. The van der Waals surface area contributed by atoms with E-state index in [0.29, 0.717) is 135 Å². The second kappa shape index (κ2) is 42.8. The molecule has 0 saturated carbocycles. The van der Waals surface area contributed by atoms with E-state index < -0.39 is 17.5 Å². The highest BCUT2D eigenvalue weighted by molar-refractivity contribution is 5.93. The first-order valence-electron chi connectivity index (χ1n) is 45.8. The number of amides is 4. The van der Waals surface area contributed by atoms with Gasteiger partial charge in [0.15, 0.2) is 5.82 Å². The molecule has 12 aromatic rings. The number of ether oxygens (including phenoxy) is 4. The smallest absolute Gasteiger partial charge is 0.338 e. The van der Waals surface area contributed by atoms with Gasteiger partial charge in [0.05, 0.1) is 112 Å². The molecule has 696 valence electrons. The third-order valence-electron chi connectivity index (χ3n) is 26.6. The second-order valence-corrected chi connectivity index (χ2v) is 34.6. The number of pyridine rings is 2. The van der Waals surface area contributed by atoms with Crippen molar-refractivity contribution in [1.82, 2.24) is 108 Å². The molecule has 21 rings (SSSR count). The molecule has 14 heterocycles. The zero-order valence-electron chi connectivity index (χ0n) is 75.0. The van der Waals surface area contributed by atoms with Gasteiger partial charge in [-0.1, -0.05) is 54.6 Å². The highest BCUT2D eigenvalue weighted by atomic mass is 19.1. The number of esters is 1. The van der Waals surface area contributed by atoms with E-state index in [-0.39, 0.29) is 77.3 Å². The largest absolute Gasteiger partial charge is 0.457 e. The molecule has 4 saturated heterocycles. The van der Waals surface area contributed by atoms with Crippen molar-refractivity contribution in [2.45, 2.75) is 88.6 Å². The van der Waals surface area contributed by atoms with Crippen molar-refractivity contribution in [3.05, 3.63) is 314 Å². The Morgan fingerprint density at radius 2 is 0.838 bits per heavy atom. The number of cyclic esters (lactones) is 1. The zero-order valence-corrected chi connectivity index (χ0v) is 75.0. The van der Waals surface area contributed by atoms with Crippen molar-refractivity contribution in [2.75, 3.05) is 151 Å². The third kappa shape index (κ3) is 21.5. The molecule has 9 aliphatic rings. The Balaban J connectivity index is 0.000000121. The summed E-state index contributed by atoms with van der Waals surface area (Å²) >= 11 is 0. The third-order valence-corrected chi connectivity index (χ3v) is 26.6. The molecule has 0 radical (unpaired) electrons. The summed E-state index contributed by atoms with van der Waals surface area (Å²) in [6, 6.07) is 36.7. The number of nitrogens with zero attached hydrogens (tertiary/aromatic N) is 25. The van der Waals surface area contributed by atoms with E-state index >= 15 is 0 Å². The Labute approximate surface area is 783 Å². The molecule has 4 amide bonds. The molecule has 4 fully saturated rings. The molecule has 0 spiro atoms. The standard InChI is InChI=1S/C26H27N5O3.C25H25FN6O2.2C24H24FN7O2/c32-25(24-5-2-19-14-21(3-6-22(19)24)31-17-27-16-28-31)30-11-9-29(10-12-30)8-7-18-1-4-23-20(13-18)15-34-26(23)33;1-27-25-21-8-13-34-23(20(21)6-7-22(25)26)15-30-9-11-31(12-10-30)24(33)14-18-2-4-19(5-3-18)32-17-28-16-29-32;1-26-24-19-6-11-34-21(18(19)3-4-20(24)25)14-30-7-9-31(10-8-30)23(33)12-17-2-5-22(28-13-17)32-16-27-15-29-32;1-26-24-20-6-11-34-22(19(20)4-5-21(24)25)14-30-7-9-31(10-8-30)23(33)12-17-2-3-18(13-28-17)32-16-27-15-29-32/h1,3-4,6,13-14,16-17,24H,2,5,7-12,15H2;2-7,16-17,23H,8-15H2;2-5,13,15-16,21H,6-12,14H2;2-5,13,15-16,22H,6-12,14H2. The number of aryl methyl sites for hydroxylation is 1. The van der Waals surface area contributed by atoms with Gasteiger partial charge in [0, 0.05) is 148 Å². The van der Waals surface area contributed by atoms with Crippen LogP contribution in [0.25, 0.3) is 37.4 Å². The summed E-state index contributed by atoms with van der Waals surface area (Å²) in [6.45, 7) is 38.3.